The second-order valence-electron chi connectivity index (χ2n) is 7.89. The second-order valence-corrected chi connectivity index (χ2v) is 7.89. The van der Waals surface area contributed by atoms with E-state index in [4.69, 9.17) is 4.74 Å². The monoisotopic (exact) mass is 392 g/mol. The molecule has 1 saturated heterocycles. The van der Waals surface area contributed by atoms with Crippen LogP contribution in [0.3, 0.4) is 0 Å². The summed E-state index contributed by atoms with van der Waals surface area (Å²) in [5.41, 5.74) is 5.27. The van der Waals surface area contributed by atoms with Gasteiger partial charge in [0.05, 0.1) is 7.11 Å². The molecule has 0 unspecified atom stereocenters. The minimum atomic E-state index is -0.207. The van der Waals surface area contributed by atoms with E-state index in [1.165, 1.54) is 12.7 Å². The zero-order chi connectivity index (χ0) is 20.2. The maximum Gasteiger partial charge on any atom is 0.305 e. The molecule has 1 amide bonds. The highest BCUT2D eigenvalue weighted by molar-refractivity contribution is 6.08. The summed E-state index contributed by atoms with van der Waals surface area (Å²) in [4.78, 5) is 26.4. The van der Waals surface area contributed by atoms with Gasteiger partial charge >= 0.3 is 5.97 Å². The zero-order valence-electron chi connectivity index (χ0n) is 16.9. The van der Waals surface area contributed by atoms with E-state index in [0.29, 0.717) is 25.3 Å². The molecule has 2 aliphatic heterocycles. The number of methoxy groups -OCH3 is 1. The third-order valence-electron chi connectivity index (χ3n) is 6.12. The molecule has 0 bridgehead atoms. The van der Waals surface area contributed by atoms with E-state index in [2.05, 4.69) is 23.5 Å². The normalized spacial score (nSPS) is 17.1. The number of carbonyl (C=O) groups excluding carboxylic acids is 2. The van der Waals surface area contributed by atoms with E-state index in [1.54, 1.807) is 0 Å². The average molecular weight is 392 g/mol. The van der Waals surface area contributed by atoms with Crippen molar-refractivity contribution in [3.05, 3.63) is 64.7 Å². The average Bonchev–Trinajstić information content (AvgIpc) is 2.78. The fourth-order valence-electron chi connectivity index (χ4n) is 4.34. The topological polar surface area (TPSA) is 58.6 Å². The summed E-state index contributed by atoms with van der Waals surface area (Å²) in [5, 5.41) is 3.41. The van der Waals surface area contributed by atoms with Gasteiger partial charge in [-0.2, -0.15) is 0 Å². The van der Waals surface area contributed by atoms with Gasteiger partial charge in [0.1, 0.15) is 0 Å². The first-order valence-electron chi connectivity index (χ1n) is 10.5. The third kappa shape index (κ3) is 4.35. The largest absolute Gasteiger partial charge is 0.469 e. The number of anilines is 1. The van der Waals surface area contributed by atoms with Crippen LogP contribution in [0.5, 0.6) is 0 Å². The van der Waals surface area contributed by atoms with Crippen LogP contribution in [0.1, 0.15) is 52.2 Å². The number of amides is 1. The molecule has 0 saturated carbocycles. The van der Waals surface area contributed by atoms with E-state index in [-0.39, 0.29) is 11.9 Å². The number of ether oxygens (including phenoxy) is 1. The second kappa shape index (κ2) is 8.78. The molecule has 2 aliphatic rings. The molecule has 152 valence electrons. The number of hydrogen-bond acceptors (Lipinski definition) is 4. The van der Waals surface area contributed by atoms with Crippen molar-refractivity contribution in [2.45, 2.75) is 38.0 Å². The Morgan fingerprint density at radius 3 is 2.62 bits per heavy atom. The van der Waals surface area contributed by atoms with Gasteiger partial charge in [0.25, 0.3) is 5.91 Å². The minimum Gasteiger partial charge on any atom is -0.469 e. The number of benzene rings is 2. The highest BCUT2D eigenvalue weighted by Crippen LogP contribution is 2.30. The van der Waals surface area contributed by atoms with Crippen molar-refractivity contribution in [3.8, 4) is 0 Å². The van der Waals surface area contributed by atoms with Crippen molar-refractivity contribution < 1.29 is 14.3 Å². The Kier molecular flexibility index (Phi) is 5.95. The Morgan fingerprint density at radius 1 is 1.14 bits per heavy atom. The maximum absolute atomic E-state index is 13.2. The molecule has 2 aromatic carbocycles. The Hall–Kier alpha value is -2.66. The molecule has 0 aliphatic carbocycles. The molecule has 0 atom stereocenters. The van der Waals surface area contributed by atoms with Crippen LogP contribution in [0.4, 0.5) is 5.69 Å². The lowest BCUT2D eigenvalue weighted by atomic mass is 9.86. The van der Waals surface area contributed by atoms with Crippen molar-refractivity contribution in [3.63, 3.8) is 0 Å². The van der Waals surface area contributed by atoms with Gasteiger partial charge in [-0.3, -0.25) is 9.59 Å². The summed E-state index contributed by atoms with van der Waals surface area (Å²) in [6, 6.07) is 14.4. The van der Waals surface area contributed by atoms with Crippen molar-refractivity contribution >= 4 is 17.6 Å². The third-order valence-corrected chi connectivity index (χ3v) is 6.12. The molecule has 2 aromatic rings. The van der Waals surface area contributed by atoms with E-state index in [1.807, 2.05) is 29.2 Å². The van der Waals surface area contributed by atoms with Gasteiger partial charge in [-0.15, -0.1) is 0 Å². The summed E-state index contributed by atoms with van der Waals surface area (Å²) >= 11 is 0. The Labute approximate surface area is 172 Å². The molecule has 2 heterocycles. The van der Waals surface area contributed by atoms with Crippen molar-refractivity contribution in [1.82, 2.24) is 5.32 Å². The number of nitrogens with one attached hydrogen (secondary N) is 1. The number of esters is 1. The molecule has 4 rings (SSSR count). The maximum atomic E-state index is 13.2. The van der Waals surface area contributed by atoms with Gasteiger partial charge in [0, 0.05) is 24.2 Å². The summed E-state index contributed by atoms with van der Waals surface area (Å²) in [6.07, 6.45) is 4.14. The number of carbonyl (C=O) groups is 2. The standard InChI is InChI=1S/C24H28N2O3/c1-29-23(27)9-4-17-2-7-21(8-3-17)26-15-12-19-5-6-20(16-22(19)24(26)28)18-10-13-25-14-11-18/h2-3,5-8,16,18,25H,4,9-15H2,1H3. The number of hydrogen-bond donors (Lipinski definition) is 1. The quantitative estimate of drug-likeness (QED) is 0.792. The van der Waals surface area contributed by atoms with Gasteiger partial charge in [0.2, 0.25) is 0 Å². The molecule has 0 aromatic heterocycles. The molecular weight excluding hydrogens is 364 g/mol. The number of rotatable bonds is 5. The van der Waals surface area contributed by atoms with Gasteiger partial charge in [-0.25, -0.2) is 0 Å². The van der Waals surface area contributed by atoms with Crippen LogP contribution in [-0.2, 0) is 22.4 Å². The molecular formula is C24H28N2O3. The van der Waals surface area contributed by atoms with Crippen LogP contribution in [-0.4, -0.2) is 38.6 Å². The summed E-state index contributed by atoms with van der Waals surface area (Å²) in [7, 11) is 1.40. The molecule has 1 N–H and O–H groups in total. The van der Waals surface area contributed by atoms with Crippen molar-refractivity contribution in [1.29, 1.82) is 0 Å². The van der Waals surface area contributed by atoms with Gasteiger partial charge in [-0.1, -0.05) is 24.3 Å². The first-order chi connectivity index (χ1) is 14.2. The first-order valence-corrected chi connectivity index (χ1v) is 10.5. The lowest BCUT2D eigenvalue weighted by Gasteiger charge is -2.30. The highest BCUT2D eigenvalue weighted by atomic mass is 16.5. The summed E-state index contributed by atoms with van der Waals surface area (Å²) in [5.74, 6) is 0.421. The molecule has 5 nitrogen and oxygen atoms in total. The van der Waals surface area contributed by atoms with Gasteiger partial charge in [0.15, 0.2) is 0 Å². The van der Waals surface area contributed by atoms with Gasteiger partial charge in [-0.05, 0) is 79.6 Å². The SMILES string of the molecule is COC(=O)CCc1ccc(N2CCc3ccc(C4CCNCC4)cc3C2=O)cc1. The van der Waals surface area contributed by atoms with Crippen LogP contribution >= 0.6 is 0 Å². The van der Waals surface area contributed by atoms with Crippen LogP contribution < -0.4 is 10.2 Å². The highest BCUT2D eigenvalue weighted by Gasteiger charge is 2.27. The number of aryl methyl sites for hydroxylation is 1. The predicted octanol–water partition coefficient (Wildman–Crippen LogP) is 3.46. The Balaban J connectivity index is 1.50. The minimum absolute atomic E-state index is 0.0874. The van der Waals surface area contributed by atoms with Crippen LogP contribution in [0.15, 0.2) is 42.5 Å². The molecule has 0 spiro atoms. The van der Waals surface area contributed by atoms with Crippen LogP contribution in [0.25, 0.3) is 0 Å². The summed E-state index contributed by atoms with van der Waals surface area (Å²) < 4.78 is 4.70. The van der Waals surface area contributed by atoms with Crippen LogP contribution in [0, 0.1) is 0 Å². The Morgan fingerprint density at radius 2 is 1.90 bits per heavy atom. The smallest absolute Gasteiger partial charge is 0.305 e. The van der Waals surface area contributed by atoms with E-state index in [0.717, 1.165) is 54.7 Å². The Bertz CT molecular complexity index is 885. The zero-order valence-corrected chi connectivity index (χ0v) is 16.9. The van der Waals surface area contributed by atoms with Crippen molar-refractivity contribution in [2.24, 2.45) is 0 Å². The number of nitrogens with zero attached hydrogens (tertiary/aromatic N) is 1. The first kappa shape index (κ1) is 19.6. The van der Waals surface area contributed by atoms with Gasteiger partial charge < -0.3 is 15.0 Å². The fourth-order valence-corrected chi connectivity index (χ4v) is 4.34. The molecule has 1 fully saturated rings. The van der Waals surface area contributed by atoms with E-state index >= 15 is 0 Å². The molecule has 29 heavy (non-hydrogen) atoms. The van der Waals surface area contributed by atoms with E-state index < -0.39 is 0 Å². The number of fused-ring (bicyclic) bond motifs is 1. The number of piperidine rings is 1. The summed E-state index contributed by atoms with van der Waals surface area (Å²) in [6.45, 7) is 2.79. The van der Waals surface area contributed by atoms with E-state index in [9.17, 15) is 9.59 Å². The van der Waals surface area contributed by atoms with Crippen LogP contribution in [0.2, 0.25) is 0 Å². The lowest BCUT2D eigenvalue weighted by Crippen LogP contribution is -2.37. The lowest BCUT2D eigenvalue weighted by molar-refractivity contribution is -0.140. The molecule has 5 heteroatoms. The van der Waals surface area contributed by atoms with Crippen molar-refractivity contribution in [2.75, 3.05) is 31.6 Å². The predicted molar refractivity (Wildman–Crippen MR) is 113 cm³/mol. The fraction of sp³-hybridized carbons (Fsp3) is 0.417. The molecule has 0 radical (unpaired) electrons.